The minimum Gasteiger partial charge on any atom is -0.389 e. The van der Waals surface area contributed by atoms with Crippen molar-refractivity contribution in [2.45, 2.75) is 26.0 Å². The first-order valence-corrected chi connectivity index (χ1v) is 4.72. The normalized spacial score (nSPS) is 12.2. The number of rotatable bonds is 2. The van der Waals surface area contributed by atoms with Gasteiger partial charge in [-0.05, 0) is 19.9 Å². The van der Waals surface area contributed by atoms with Crippen LogP contribution in [-0.4, -0.2) is 25.2 Å². The quantitative estimate of drug-likeness (QED) is 0.753. The van der Waals surface area contributed by atoms with E-state index in [-0.39, 0.29) is 12.2 Å². The molecule has 0 aliphatic carbocycles. The zero-order valence-corrected chi connectivity index (χ0v) is 8.69. The van der Waals surface area contributed by atoms with Crippen molar-refractivity contribution in [2.75, 3.05) is 0 Å². The Morgan fingerprint density at radius 1 is 1.60 bits per heavy atom. The van der Waals surface area contributed by atoms with Gasteiger partial charge in [-0.3, -0.25) is 9.55 Å². The molecule has 2 aromatic rings. The number of nitrogens with one attached hydrogen (secondary N) is 1. The van der Waals surface area contributed by atoms with E-state index >= 15 is 0 Å². The minimum atomic E-state index is -0.914. The first-order valence-electron chi connectivity index (χ1n) is 4.72. The van der Waals surface area contributed by atoms with Gasteiger partial charge in [0.1, 0.15) is 0 Å². The van der Waals surface area contributed by atoms with Crippen LogP contribution in [0.2, 0.25) is 0 Å². The average molecular weight is 207 g/mol. The van der Waals surface area contributed by atoms with Gasteiger partial charge >= 0.3 is 5.69 Å². The highest BCUT2D eigenvalue weighted by atomic mass is 16.3. The van der Waals surface area contributed by atoms with Crippen LogP contribution in [0.5, 0.6) is 0 Å². The van der Waals surface area contributed by atoms with E-state index < -0.39 is 5.60 Å². The molecule has 2 rings (SSSR count). The van der Waals surface area contributed by atoms with Crippen molar-refractivity contribution >= 4 is 11.0 Å². The third kappa shape index (κ3) is 1.92. The zero-order chi connectivity index (χ0) is 11.1. The fourth-order valence-electron chi connectivity index (χ4n) is 1.55. The van der Waals surface area contributed by atoms with E-state index in [4.69, 9.17) is 0 Å². The molecular weight excluding hydrogens is 194 g/mol. The predicted octanol–water partition coefficient (Wildman–Crippen LogP) is 0.495. The van der Waals surface area contributed by atoms with E-state index in [0.717, 1.165) is 5.52 Å². The molecule has 15 heavy (non-hydrogen) atoms. The van der Waals surface area contributed by atoms with E-state index in [2.05, 4.69) is 9.97 Å². The van der Waals surface area contributed by atoms with E-state index in [1.807, 2.05) is 0 Å². The molecule has 80 valence electrons. The summed E-state index contributed by atoms with van der Waals surface area (Å²) in [5.41, 5.74) is 0.311. The lowest BCUT2D eigenvalue weighted by molar-refractivity contribution is 0.0617. The molecule has 0 bridgehead atoms. The third-order valence-electron chi connectivity index (χ3n) is 2.12. The molecule has 2 aromatic heterocycles. The Bertz CT molecular complexity index is 533. The van der Waals surface area contributed by atoms with Crippen LogP contribution in [-0.2, 0) is 6.54 Å². The molecule has 0 fully saturated rings. The fourth-order valence-corrected chi connectivity index (χ4v) is 1.55. The van der Waals surface area contributed by atoms with Gasteiger partial charge < -0.3 is 10.1 Å². The fraction of sp³-hybridized carbons (Fsp3) is 0.400. The molecule has 2 heterocycles. The van der Waals surface area contributed by atoms with Gasteiger partial charge in [-0.1, -0.05) is 0 Å². The van der Waals surface area contributed by atoms with Crippen molar-refractivity contribution in [3.63, 3.8) is 0 Å². The van der Waals surface area contributed by atoms with E-state index in [1.165, 1.54) is 4.57 Å². The Morgan fingerprint density at radius 3 is 3.00 bits per heavy atom. The minimum absolute atomic E-state index is 0.222. The van der Waals surface area contributed by atoms with Crippen molar-refractivity contribution in [2.24, 2.45) is 0 Å². The standard InChI is InChI=1S/C10H13N3O2/c1-10(2,15)6-13-8-3-4-11-5-7(8)12-9(13)14/h3-5,15H,6H2,1-2H3,(H,12,14). The highest BCUT2D eigenvalue weighted by Gasteiger charge is 2.16. The highest BCUT2D eigenvalue weighted by Crippen LogP contribution is 2.11. The number of pyridine rings is 1. The zero-order valence-electron chi connectivity index (χ0n) is 8.69. The number of hydrogen-bond acceptors (Lipinski definition) is 3. The molecule has 0 aromatic carbocycles. The summed E-state index contributed by atoms with van der Waals surface area (Å²) in [5.74, 6) is 0. The first kappa shape index (κ1) is 9.92. The Balaban J connectivity index is 2.60. The van der Waals surface area contributed by atoms with Crippen LogP contribution in [0.4, 0.5) is 0 Å². The smallest absolute Gasteiger partial charge is 0.326 e. The molecule has 0 unspecified atom stereocenters. The summed E-state index contributed by atoms with van der Waals surface area (Å²) in [5, 5.41) is 9.68. The lowest BCUT2D eigenvalue weighted by Crippen LogP contribution is -2.31. The summed E-state index contributed by atoms with van der Waals surface area (Å²) < 4.78 is 1.51. The first-order chi connectivity index (χ1) is 6.97. The van der Waals surface area contributed by atoms with Crippen LogP contribution in [0.1, 0.15) is 13.8 Å². The van der Waals surface area contributed by atoms with Gasteiger partial charge in [0.05, 0.1) is 29.4 Å². The molecule has 5 nitrogen and oxygen atoms in total. The number of fused-ring (bicyclic) bond motifs is 1. The van der Waals surface area contributed by atoms with Gasteiger partial charge in [0.2, 0.25) is 0 Å². The second-order valence-electron chi connectivity index (χ2n) is 4.22. The molecule has 0 atom stereocenters. The van der Waals surface area contributed by atoms with Crippen molar-refractivity contribution in [3.8, 4) is 0 Å². The number of aromatic amines is 1. The molecular formula is C10H13N3O2. The van der Waals surface area contributed by atoms with Gasteiger partial charge in [0.25, 0.3) is 0 Å². The molecule has 2 N–H and O–H groups in total. The van der Waals surface area contributed by atoms with Crippen molar-refractivity contribution in [3.05, 3.63) is 28.9 Å². The summed E-state index contributed by atoms with van der Waals surface area (Å²) in [6.07, 6.45) is 3.22. The van der Waals surface area contributed by atoms with Crippen molar-refractivity contribution in [1.82, 2.24) is 14.5 Å². The van der Waals surface area contributed by atoms with Gasteiger partial charge in [-0.15, -0.1) is 0 Å². The monoisotopic (exact) mass is 207 g/mol. The lowest BCUT2D eigenvalue weighted by Gasteiger charge is -2.17. The number of hydrogen-bond donors (Lipinski definition) is 2. The maximum absolute atomic E-state index is 11.6. The number of aliphatic hydroxyl groups is 1. The predicted molar refractivity (Wildman–Crippen MR) is 56.7 cm³/mol. The third-order valence-corrected chi connectivity index (χ3v) is 2.12. The second kappa shape index (κ2) is 3.20. The van der Waals surface area contributed by atoms with Crippen LogP contribution in [0.15, 0.2) is 23.3 Å². The summed E-state index contributed by atoms with van der Waals surface area (Å²) >= 11 is 0. The lowest BCUT2D eigenvalue weighted by atomic mass is 10.1. The van der Waals surface area contributed by atoms with E-state index in [1.54, 1.807) is 32.3 Å². The molecule has 0 saturated carbocycles. The van der Waals surface area contributed by atoms with Crippen molar-refractivity contribution < 1.29 is 5.11 Å². The summed E-state index contributed by atoms with van der Waals surface area (Å²) in [6, 6.07) is 1.75. The molecule has 5 heteroatoms. The molecule has 0 saturated heterocycles. The van der Waals surface area contributed by atoms with Crippen LogP contribution < -0.4 is 5.69 Å². The highest BCUT2D eigenvalue weighted by molar-refractivity contribution is 5.73. The maximum Gasteiger partial charge on any atom is 0.326 e. The number of imidazole rings is 1. The average Bonchev–Trinajstić information content (AvgIpc) is 2.41. The Morgan fingerprint density at radius 2 is 2.33 bits per heavy atom. The SMILES string of the molecule is CC(C)(O)Cn1c(=O)[nH]c2cnccc21. The summed E-state index contributed by atoms with van der Waals surface area (Å²) in [6.45, 7) is 3.59. The van der Waals surface area contributed by atoms with Crippen LogP contribution in [0.3, 0.4) is 0 Å². The topological polar surface area (TPSA) is 70.9 Å². The van der Waals surface area contributed by atoms with Crippen LogP contribution in [0, 0.1) is 0 Å². The number of aromatic nitrogens is 3. The van der Waals surface area contributed by atoms with Crippen molar-refractivity contribution in [1.29, 1.82) is 0 Å². The second-order valence-corrected chi connectivity index (χ2v) is 4.22. The van der Waals surface area contributed by atoms with Gasteiger partial charge in [-0.25, -0.2) is 4.79 Å². The van der Waals surface area contributed by atoms with Gasteiger partial charge in [0, 0.05) is 6.20 Å². The Hall–Kier alpha value is -1.62. The molecule has 0 aliphatic rings. The molecule has 0 radical (unpaired) electrons. The number of nitrogens with zero attached hydrogens (tertiary/aromatic N) is 2. The largest absolute Gasteiger partial charge is 0.389 e. The van der Waals surface area contributed by atoms with Gasteiger partial charge in [-0.2, -0.15) is 0 Å². The Kier molecular flexibility index (Phi) is 2.12. The van der Waals surface area contributed by atoms with Crippen LogP contribution >= 0.6 is 0 Å². The Labute approximate surface area is 86.4 Å². The van der Waals surface area contributed by atoms with E-state index in [9.17, 15) is 9.90 Å². The number of H-pyrrole nitrogens is 1. The molecule has 0 aliphatic heterocycles. The summed E-state index contributed by atoms with van der Waals surface area (Å²) in [7, 11) is 0. The van der Waals surface area contributed by atoms with E-state index in [0.29, 0.717) is 5.52 Å². The van der Waals surface area contributed by atoms with Gasteiger partial charge in [0.15, 0.2) is 0 Å². The van der Waals surface area contributed by atoms with Crippen LogP contribution in [0.25, 0.3) is 11.0 Å². The maximum atomic E-state index is 11.6. The molecule has 0 amide bonds. The molecule has 0 spiro atoms. The summed E-state index contributed by atoms with van der Waals surface area (Å²) in [4.78, 5) is 18.2.